The molecule has 0 aromatic carbocycles. The van der Waals surface area contributed by atoms with E-state index in [0.29, 0.717) is 0 Å². The summed E-state index contributed by atoms with van der Waals surface area (Å²) in [6, 6.07) is 1.82. The van der Waals surface area contributed by atoms with Gasteiger partial charge >= 0.3 is 0 Å². The van der Waals surface area contributed by atoms with E-state index >= 15 is 0 Å². The van der Waals surface area contributed by atoms with E-state index < -0.39 is 0 Å². The van der Waals surface area contributed by atoms with E-state index in [1.54, 1.807) is 10.9 Å². The SMILES string of the molecule is CCC1CCC(C(=O)c2ccnn2C)C1. The monoisotopic (exact) mass is 206 g/mol. The third-order valence-corrected chi connectivity index (χ3v) is 3.56. The number of Topliss-reactive ketones (excluding diaryl/α,β-unsaturated/α-hetero) is 1. The average Bonchev–Trinajstić information content (AvgIpc) is 2.84. The van der Waals surface area contributed by atoms with E-state index in [0.717, 1.165) is 24.5 Å². The quantitative estimate of drug-likeness (QED) is 0.712. The van der Waals surface area contributed by atoms with Crippen LogP contribution < -0.4 is 0 Å². The zero-order valence-corrected chi connectivity index (χ0v) is 9.44. The van der Waals surface area contributed by atoms with Crippen LogP contribution in [0.25, 0.3) is 0 Å². The molecule has 1 saturated carbocycles. The van der Waals surface area contributed by atoms with Crippen LogP contribution in [0.4, 0.5) is 0 Å². The third kappa shape index (κ3) is 1.96. The number of carbonyl (C=O) groups is 1. The molecule has 2 atom stereocenters. The first-order valence-corrected chi connectivity index (χ1v) is 5.74. The van der Waals surface area contributed by atoms with Crippen LogP contribution in [0.1, 0.15) is 43.1 Å². The molecule has 0 aliphatic heterocycles. The highest BCUT2D eigenvalue weighted by molar-refractivity contribution is 5.96. The van der Waals surface area contributed by atoms with Gasteiger partial charge in [0, 0.05) is 19.2 Å². The molecular weight excluding hydrogens is 188 g/mol. The van der Waals surface area contributed by atoms with E-state index in [2.05, 4.69) is 12.0 Å². The van der Waals surface area contributed by atoms with Crippen molar-refractivity contribution in [2.75, 3.05) is 0 Å². The number of hydrogen-bond acceptors (Lipinski definition) is 2. The van der Waals surface area contributed by atoms with Gasteiger partial charge in [0.15, 0.2) is 5.78 Å². The van der Waals surface area contributed by atoms with E-state index in [-0.39, 0.29) is 11.7 Å². The lowest BCUT2D eigenvalue weighted by atomic mass is 9.97. The number of hydrogen-bond donors (Lipinski definition) is 0. The molecule has 0 spiro atoms. The van der Waals surface area contributed by atoms with Crippen LogP contribution in [0, 0.1) is 11.8 Å². The topological polar surface area (TPSA) is 34.9 Å². The smallest absolute Gasteiger partial charge is 0.183 e. The Balaban J connectivity index is 2.07. The van der Waals surface area contributed by atoms with Gasteiger partial charge in [0.1, 0.15) is 5.69 Å². The van der Waals surface area contributed by atoms with E-state index in [9.17, 15) is 4.79 Å². The molecule has 1 heterocycles. The number of rotatable bonds is 3. The number of ketones is 1. The molecule has 82 valence electrons. The summed E-state index contributed by atoms with van der Waals surface area (Å²) in [6.07, 6.45) is 6.24. The van der Waals surface area contributed by atoms with Crippen molar-refractivity contribution < 1.29 is 4.79 Å². The standard InChI is InChI=1S/C12H18N2O/c1-3-9-4-5-10(8-9)12(15)11-6-7-13-14(11)2/h6-7,9-10H,3-5,8H2,1-2H3. The maximum Gasteiger partial charge on any atom is 0.183 e. The van der Waals surface area contributed by atoms with Gasteiger partial charge < -0.3 is 0 Å². The molecule has 3 heteroatoms. The molecule has 1 aliphatic carbocycles. The molecule has 0 amide bonds. The molecule has 0 radical (unpaired) electrons. The fourth-order valence-corrected chi connectivity index (χ4v) is 2.51. The van der Waals surface area contributed by atoms with Crippen LogP contribution in [0.15, 0.2) is 12.3 Å². The van der Waals surface area contributed by atoms with Crippen molar-refractivity contribution in [2.45, 2.75) is 32.6 Å². The van der Waals surface area contributed by atoms with Crippen molar-refractivity contribution in [3.8, 4) is 0 Å². The minimum absolute atomic E-state index is 0.241. The summed E-state index contributed by atoms with van der Waals surface area (Å²) in [6.45, 7) is 2.21. The Hall–Kier alpha value is -1.12. The zero-order valence-electron chi connectivity index (χ0n) is 9.44. The summed E-state index contributed by atoms with van der Waals surface area (Å²) in [7, 11) is 1.83. The predicted molar refractivity (Wildman–Crippen MR) is 58.7 cm³/mol. The second kappa shape index (κ2) is 4.17. The molecule has 0 N–H and O–H groups in total. The Morgan fingerprint density at radius 2 is 2.40 bits per heavy atom. The summed E-state index contributed by atoms with van der Waals surface area (Å²) < 4.78 is 1.68. The van der Waals surface area contributed by atoms with Gasteiger partial charge in [0.2, 0.25) is 0 Å². The minimum atomic E-state index is 0.241. The number of aryl methyl sites for hydroxylation is 1. The Bertz CT molecular complexity index is 356. The second-order valence-corrected chi connectivity index (χ2v) is 4.49. The lowest BCUT2D eigenvalue weighted by molar-refractivity contribution is 0.0910. The van der Waals surface area contributed by atoms with Crippen LogP contribution in [0.2, 0.25) is 0 Å². The highest BCUT2D eigenvalue weighted by atomic mass is 16.1. The molecule has 1 fully saturated rings. The van der Waals surface area contributed by atoms with Gasteiger partial charge in [0.05, 0.1) is 0 Å². The molecular formula is C12H18N2O. The maximum absolute atomic E-state index is 12.1. The van der Waals surface area contributed by atoms with Crippen molar-refractivity contribution in [3.05, 3.63) is 18.0 Å². The summed E-state index contributed by atoms with van der Waals surface area (Å²) in [5, 5.41) is 4.04. The molecule has 3 nitrogen and oxygen atoms in total. The highest BCUT2D eigenvalue weighted by Gasteiger charge is 2.30. The van der Waals surface area contributed by atoms with Crippen LogP contribution in [0.5, 0.6) is 0 Å². The summed E-state index contributed by atoms with van der Waals surface area (Å²) >= 11 is 0. The normalized spacial score (nSPS) is 25.7. The van der Waals surface area contributed by atoms with Crippen LogP contribution in [-0.2, 0) is 7.05 Å². The Labute approximate surface area is 90.5 Å². The lowest BCUT2D eigenvalue weighted by Crippen LogP contribution is -2.15. The van der Waals surface area contributed by atoms with Crippen molar-refractivity contribution in [1.29, 1.82) is 0 Å². The third-order valence-electron chi connectivity index (χ3n) is 3.56. The number of nitrogens with zero attached hydrogens (tertiary/aromatic N) is 2. The summed E-state index contributed by atoms with van der Waals surface area (Å²) in [5.74, 6) is 1.28. The van der Waals surface area contributed by atoms with Gasteiger partial charge in [-0.2, -0.15) is 5.10 Å². The van der Waals surface area contributed by atoms with Crippen molar-refractivity contribution in [2.24, 2.45) is 18.9 Å². The van der Waals surface area contributed by atoms with Gasteiger partial charge in [-0.15, -0.1) is 0 Å². The first kappa shape index (κ1) is 10.4. The maximum atomic E-state index is 12.1. The lowest BCUT2D eigenvalue weighted by Gasteiger charge is -2.09. The van der Waals surface area contributed by atoms with Crippen molar-refractivity contribution in [3.63, 3.8) is 0 Å². The molecule has 1 aliphatic rings. The molecule has 1 aromatic rings. The largest absolute Gasteiger partial charge is 0.292 e. The molecule has 1 aromatic heterocycles. The first-order valence-electron chi connectivity index (χ1n) is 5.74. The summed E-state index contributed by atoms with van der Waals surface area (Å²) in [4.78, 5) is 12.1. The number of carbonyl (C=O) groups excluding carboxylic acids is 1. The number of aromatic nitrogens is 2. The van der Waals surface area contributed by atoms with Crippen LogP contribution in [-0.4, -0.2) is 15.6 Å². The van der Waals surface area contributed by atoms with Gasteiger partial charge in [-0.1, -0.05) is 13.3 Å². The fraction of sp³-hybridized carbons (Fsp3) is 0.667. The van der Waals surface area contributed by atoms with Crippen molar-refractivity contribution >= 4 is 5.78 Å². The predicted octanol–water partition coefficient (Wildman–Crippen LogP) is 2.43. The van der Waals surface area contributed by atoms with Gasteiger partial charge in [0.25, 0.3) is 0 Å². The van der Waals surface area contributed by atoms with E-state index in [1.807, 2.05) is 13.1 Å². The first-order chi connectivity index (χ1) is 7.22. The molecule has 0 bridgehead atoms. The summed E-state index contributed by atoms with van der Waals surface area (Å²) in [5.41, 5.74) is 0.761. The molecule has 0 saturated heterocycles. The van der Waals surface area contributed by atoms with Gasteiger partial charge in [-0.3, -0.25) is 9.48 Å². The van der Waals surface area contributed by atoms with Crippen LogP contribution in [0.3, 0.4) is 0 Å². The fourth-order valence-electron chi connectivity index (χ4n) is 2.51. The van der Waals surface area contributed by atoms with Gasteiger partial charge in [-0.25, -0.2) is 0 Å². The molecule has 2 unspecified atom stereocenters. The Morgan fingerprint density at radius 1 is 1.60 bits per heavy atom. The molecule has 2 rings (SSSR count). The second-order valence-electron chi connectivity index (χ2n) is 4.49. The van der Waals surface area contributed by atoms with E-state index in [1.165, 1.54) is 12.8 Å². The zero-order chi connectivity index (χ0) is 10.8. The van der Waals surface area contributed by atoms with Crippen LogP contribution >= 0.6 is 0 Å². The Morgan fingerprint density at radius 3 is 2.93 bits per heavy atom. The Kier molecular flexibility index (Phi) is 2.89. The highest BCUT2D eigenvalue weighted by Crippen LogP contribution is 2.34. The average molecular weight is 206 g/mol. The minimum Gasteiger partial charge on any atom is -0.292 e. The van der Waals surface area contributed by atoms with Crippen molar-refractivity contribution in [1.82, 2.24) is 9.78 Å². The molecule has 15 heavy (non-hydrogen) atoms. The van der Waals surface area contributed by atoms with Gasteiger partial charge in [-0.05, 0) is 31.2 Å². The van der Waals surface area contributed by atoms with E-state index in [4.69, 9.17) is 0 Å².